The summed E-state index contributed by atoms with van der Waals surface area (Å²) < 4.78 is 0. The molecule has 146 valence electrons. The first-order valence-electron chi connectivity index (χ1n) is 9.70. The molecule has 1 aliphatic heterocycles. The van der Waals surface area contributed by atoms with Gasteiger partial charge in [0.05, 0.1) is 0 Å². The molecule has 0 bridgehead atoms. The number of nitrogens with two attached hydrogens (primary N) is 1. The van der Waals surface area contributed by atoms with Crippen LogP contribution in [-0.2, 0) is 0 Å². The molecule has 0 saturated carbocycles. The highest BCUT2D eigenvalue weighted by molar-refractivity contribution is 5.79. The van der Waals surface area contributed by atoms with Gasteiger partial charge in [-0.05, 0) is 59.6 Å². The molecule has 2 heterocycles. The van der Waals surface area contributed by atoms with E-state index in [0.29, 0.717) is 17.5 Å². The summed E-state index contributed by atoms with van der Waals surface area (Å²) in [5.74, 6) is 1.46. The molecule has 3 rings (SSSR count). The fourth-order valence-corrected chi connectivity index (χ4v) is 4.40. The molecule has 0 aliphatic carbocycles. The molecule has 0 amide bonds. The van der Waals surface area contributed by atoms with Crippen molar-refractivity contribution in [2.75, 3.05) is 22.5 Å². The topological polar surface area (TPSA) is 79.1 Å². The van der Waals surface area contributed by atoms with Crippen LogP contribution in [-0.4, -0.2) is 33.6 Å². The Bertz CT molecular complexity index is 755. The lowest BCUT2D eigenvalue weighted by atomic mass is 9.79. The maximum absolute atomic E-state index is 6.50. The van der Waals surface area contributed by atoms with Crippen molar-refractivity contribution in [3.05, 3.63) is 36.7 Å². The van der Waals surface area contributed by atoms with Crippen LogP contribution in [0.2, 0.25) is 0 Å². The molecule has 0 radical (unpaired) electrons. The average molecular weight is 369 g/mol. The molecule has 6 heteroatoms. The lowest BCUT2D eigenvalue weighted by Crippen LogP contribution is -2.60. The first-order chi connectivity index (χ1) is 12.7. The van der Waals surface area contributed by atoms with Gasteiger partial charge in [0.1, 0.15) is 12.0 Å². The highest BCUT2D eigenvalue weighted by atomic mass is 15.2. The van der Waals surface area contributed by atoms with E-state index in [2.05, 4.69) is 72.3 Å². The summed E-state index contributed by atoms with van der Waals surface area (Å²) in [6.07, 6.45) is 3.60. The van der Waals surface area contributed by atoms with Crippen molar-refractivity contribution in [2.45, 2.75) is 64.6 Å². The Morgan fingerprint density at radius 1 is 1.11 bits per heavy atom. The first kappa shape index (κ1) is 19.4. The van der Waals surface area contributed by atoms with Crippen LogP contribution in [0, 0.1) is 0 Å². The summed E-state index contributed by atoms with van der Waals surface area (Å²) in [5.41, 5.74) is 8.29. The van der Waals surface area contributed by atoms with E-state index in [9.17, 15) is 0 Å². The van der Waals surface area contributed by atoms with Crippen molar-refractivity contribution in [2.24, 2.45) is 0 Å². The molecule has 4 N–H and O–H groups in total. The minimum Gasteiger partial charge on any atom is -0.393 e. The Kier molecular flexibility index (Phi) is 5.29. The molecular formula is C21H32N6. The van der Waals surface area contributed by atoms with Crippen LogP contribution in [0.3, 0.4) is 0 Å². The number of para-hydroxylation sites is 1. The van der Waals surface area contributed by atoms with Gasteiger partial charge in [-0.3, -0.25) is 0 Å². The van der Waals surface area contributed by atoms with E-state index in [1.807, 2.05) is 18.2 Å². The number of benzene rings is 1. The third-order valence-electron chi connectivity index (χ3n) is 5.03. The zero-order valence-electron chi connectivity index (χ0n) is 17.1. The minimum absolute atomic E-state index is 0.0591. The predicted molar refractivity (Wildman–Crippen MR) is 114 cm³/mol. The quantitative estimate of drug-likeness (QED) is 0.742. The fourth-order valence-electron chi connectivity index (χ4n) is 4.40. The van der Waals surface area contributed by atoms with Crippen molar-refractivity contribution in [3.63, 3.8) is 0 Å². The Morgan fingerprint density at radius 3 is 2.33 bits per heavy atom. The molecule has 27 heavy (non-hydrogen) atoms. The Balaban J connectivity index is 1.87. The number of aromatic nitrogens is 2. The van der Waals surface area contributed by atoms with Crippen LogP contribution in [0.25, 0.3) is 0 Å². The SMILES string of the molecule is CCN(c1ccccc1)c1ncnc(NC2CC(C)(C)NC(C)(C)C2)c1N. The van der Waals surface area contributed by atoms with Gasteiger partial charge < -0.3 is 21.3 Å². The second kappa shape index (κ2) is 7.35. The molecule has 2 aromatic rings. The second-order valence-corrected chi connectivity index (χ2v) is 8.68. The van der Waals surface area contributed by atoms with E-state index < -0.39 is 0 Å². The molecular weight excluding hydrogens is 336 g/mol. The Hall–Kier alpha value is -2.34. The molecule has 0 spiro atoms. The Morgan fingerprint density at radius 2 is 1.74 bits per heavy atom. The van der Waals surface area contributed by atoms with Gasteiger partial charge in [-0.2, -0.15) is 0 Å². The van der Waals surface area contributed by atoms with Gasteiger partial charge in [0.2, 0.25) is 0 Å². The number of nitrogens with one attached hydrogen (secondary N) is 2. The predicted octanol–water partition coefficient (Wildman–Crippen LogP) is 3.94. The minimum atomic E-state index is 0.0591. The number of hydrogen-bond donors (Lipinski definition) is 3. The summed E-state index contributed by atoms with van der Waals surface area (Å²) >= 11 is 0. The maximum atomic E-state index is 6.50. The third-order valence-corrected chi connectivity index (χ3v) is 5.03. The molecule has 0 atom stereocenters. The molecule has 1 saturated heterocycles. The molecule has 6 nitrogen and oxygen atoms in total. The van der Waals surface area contributed by atoms with Crippen molar-refractivity contribution >= 4 is 23.0 Å². The van der Waals surface area contributed by atoms with Crippen molar-refractivity contribution in [3.8, 4) is 0 Å². The van der Waals surface area contributed by atoms with Crippen molar-refractivity contribution in [1.82, 2.24) is 15.3 Å². The van der Waals surface area contributed by atoms with Crippen LogP contribution >= 0.6 is 0 Å². The molecule has 1 fully saturated rings. The van der Waals surface area contributed by atoms with Gasteiger partial charge in [-0.15, -0.1) is 0 Å². The zero-order chi connectivity index (χ0) is 19.7. The lowest BCUT2D eigenvalue weighted by molar-refractivity contribution is 0.170. The van der Waals surface area contributed by atoms with Crippen LogP contribution in [0.4, 0.5) is 23.0 Å². The number of anilines is 4. The summed E-state index contributed by atoms with van der Waals surface area (Å²) in [7, 11) is 0. The van der Waals surface area contributed by atoms with E-state index in [0.717, 1.165) is 30.9 Å². The average Bonchev–Trinajstić information content (AvgIpc) is 2.57. The normalized spacial score (nSPS) is 18.9. The number of nitrogen functional groups attached to an aromatic ring is 1. The van der Waals surface area contributed by atoms with E-state index in [4.69, 9.17) is 5.73 Å². The van der Waals surface area contributed by atoms with Gasteiger partial charge in [0.15, 0.2) is 11.6 Å². The number of piperidine rings is 1. The van der Waals surface area contributed by atoms with Gasteiger partial charge in [-0.1, -0.05) is 18.2 Å². The summed E-state index contributed by atoms with van der Waals surface area (Å²) in [5, 5.41) is 7.30. The van der Waals surface area contributed by atoms with Crippen molar-refractivity contribution in [1.29, 1.82) is 0 Å². The van der Waals surface area contributed by atoms with Gasteiger partial charge >= 0.3 is 0 Å². The van der Waals surface area contributed by atoms with E-state index in [1.165, 1.54) is 0 Å². The largest absolute Gasteiger partial charge is 0.393 e. The van der Waals surface area contributed by atoms with Crippen LogP contribution in [0.5, 0.6) is 0 Å². The summed E-state index contributed by atoms with van der Waals surface area (Å²) in [4.78, 5) is 11.0. The van der Waals surface area contributed by atoms with Crippen LogP contribution < -0.4 is 21.3 Å². The standard InChI is InChI=1S/C21H32N6/c1-6-27(16-10-8-7-9-11-16)19-17(22)18(23-14-24-19)25-15-12-20(2,3)26-21(4,5)13-15/h7-11,14-15,26H,6,12-13,22H2,1-5H3,(H,23,24,25). The molecule has 1 aromatic carbocycles. The zero-order valence-corrected chi connectivity index (χ0v) is 17.1. The summed E-state index contributed by atoms with van der Waals surface area (Å²) in [6, 6.07) is 10.5. The van der Waals surface area contributed by atoms with E-state index in [-0.39, 0.29) is 11.1 Å². The van der Waals surface area contributed by atoms with Crippen LogP contribution in [0.15, 0.2) is 36.7 Å². The van der Waals surface area contributed by atoms with Gasteiger partial charge in [0.25, 0.3) is 0 Å². The summed E-state index contributed by atoms with van der Waals surface area (Å²) in [6.45, 7) is 11.8. The molecule has 0 unspecified atom stereocenters. The smallest absolute Gasteiger partial charge is 0.161 e. The van der Waals surface area contributed by atoms with Crippen molar-refractivity contribution < 1.29 is 0 Å². The third kappa shape index (κ3) is 4.50. The number of nitrogens with zero attached hydrogens (tertiary/aromatic N) is 3. The number of hydrogen-bond acceptors (Lipinski definition) is 6. The highest BCUT2D eigenvalue weighted by Gasteiger charge is 2.38. The Labute approximate surface area is 162 Å². The van der Waals surface area contributed by atoms with Crippen LogP contribution in [0.1, 0.15) is 47.5 Å². The molecule has 1 aliphatic rings. The first-order valence-corrected chi connectivity index (χ1v) is 9.70. The van der Waals surface area contributed by atoms with Gasteiger partial charge in [0, 0.05) is 29.4 Å². The van der Waals surface area contributed by atoms with E-state index >= 15 is 0 Å². The second-order valence-electron chi connectivity index (χ2n) is 8.68. The highest BCUT2D eigenvalue weighted by Crippen LogP contribution is 2.34. The lowest BCUT2D eigenvalue weighted by Gasteiger charge is -2.46. The maximum Gasteiger partial charge on any atom is 0.161 e. The monoisotopic (exact) mass is 368 g/mol. The van der Waals surface area contributed by atoms with Gasteiger partial charge in [-0.25, -0.2) is 9.97 Å². The fraction of sp³-hybridized carbons (Fsp3) is 0.524. The molecule has 1 aromatic heterocycles. The van der Waals surface area contributed by atoms with E-state index in [1.54, 1.807) is 6.33 Å². The number of rotatable bonds is 5.